The van der Waals surface area contributed by atoms with Gasteiger partial charge in [-0.25, -0.2) is 0 Å². The van der Waals surface area contributed by atoms with Crippen LogP contribution in [0.15, 0.2) is 30.7 Å². The standard InChI is InChI=1S/C14H15N5O/c1-19-8-5-12(18-19)10-17-14(20)13-4-7-16-9-11(13)3-2-6-15/h4-5,7-9H,6,10,15H2,1H3,(H,17,20). The molecular formula is C14H15N5O. The Bertz CT molecular complexity index is 665. The molecule has 0 saturated carbocycles. The maximum atomic E-state index is 12.1. The van der Waals surface area contributed by atoms with Crippen molar-refractivity contribution in [3.05, 3.63) is 47.5 Å². The largest absolute Gasteiger partial charge is 0.346 e. The Morgan fingerprint density at radius 1 is 1.50 bits per heavy atom. The number of rotatable bonds is 3. The van der Waals surface area contributed by atoms with Gasteiger partial charge >= 0.3 is 0 Å². The molecule has 0 aromatic carbocycles. The van der Waals surface area contributed by atoms with Crippen molar-refractivity contribution in [2.75, 3.05) is 6.54 Å². The first kappa shape index (κ1) is 13.8. The van der Waals surface area contributed by atoms with Crippen LogP contribution in [0.3, 0.4) is 0 Å². The molecule has 2 heterocycles. The normalized spacial score (nSPS) is 9.70. The summed E-state index contributed by atoms with van der Waals surface area (Å²) in [7, 11) is 1.83. The molecule has 3 N–H and O–H groups in total. The lowest BCUT2D eigenvalue weighted by molar-refractivity contribution is 0.0950. The summed E-state index contributed by atoms with van der Waals surface area (Å²) in [6.45, 7) is 0.607. The first-order chi connectivity index (χ1) is 9.70. The van der Waals surface area contributed by atoms with Crippen LogP contribution in [0, 0.1) is 11.8 Å². The summed E-state index contributed by atoms with van der Waals surface area (Å²) < 4.78 is 1.69. The molecule has 2 rings (SSSR count). The smallest absolute Gasteiger partial charge is 0.252 e. The first-order valence-electron chi connectivity index (χ1n) is 6.10. The predicted octanol–water partition coefficient (Wildman–Crippen LogP) is 0.0553. The van der Waals surface area contributed by atoms with Crippen molar-refractivity contribution >= 4 is 5.91 Å². The van der Waals surface area contributed by atoms with Gasteiger partial charge in [-0.05, 0) is 12.1 Å². The van der Waals surface area contributed by atoms with Gasteiger partial charge in [-0.15, -0.1) is 0 Å². The molecule has 0 atom stereocenters. The highest BCUT2D eigenvalue weighted by Gasteiger charge is 2.10. The molecule has 1 amide bonds. The first-order valence-corrected chi connectivity index (χ1v) is 6.10. The summed E-state index contributed by atoms with van der Waals surface area (Å²) in [6, 6.07) is 3.48. The van der Waals surface area contributed by atoms with E-state index in [0.29, 0.717) is 17.7 Å². The van der Waals surface area contributed by atoms with E-state index in [1.807, 2.05) is 19.3 Å². The van der Waals surface area contributed by atoms with Crippen LogP contribution in [-0.2, 0) is 13.6 Å². The zero-order chi connectivity index (χ0) is 14.4. The molecule has 0 unspecified atom stereocenters. The van der Waals surface area contributed by atoms with E-state index in [-0.39, 0.29) is 12.5 Å². The van der Waals surface area contributed by atoms with Gasteiger partial charge in [-0.1, -0.05) is 11.8 Å². The minimum absolute atomic E-state index is 0.209. The average Bonchev–Trinajstić information content (AvgIpc) is 2.88. The second kappa shape index (κ2) is 6.50. The average molecular weight is 269 g/mol. The fourth-order valence-electron chi connectivity index (χ4n) is 1.66. The number of nitrogens with zero attached hydrogens (tertiary/aromatic N) is 3. The quantitative estimate of drug-likeness (QED) is 0.771. The van der Waals surface area contributed by atoms with Crippen LogP contribution in [0.1, 0.15) is 21.6 Å². The fraction of sp³-hybridized carbons (Fsp3) is 0.214. The number of pyridine rings is 1. The molecule has 0 fully saturated rings. The Hall–Kier alpha value is -2.65. The van der Waals surface area contributed by atoms with Gasteiger partial charge < -0.3 is 11.1 Å². The highest BCUT2D eigenvalue weighted by Crippen LogP contribution is 2.05. The Morgan fingerprint density at radius 3 is 3.05 bits per heavy atom. The van der Waals surface area contributed by atoms with E-state index in [1.54, 1.807) is 23.1 Å². The van der Waals surface area contributed by atoms with Gasteiger partial charge in [-0.3, -0.25) is 14.5 Å². The van der Waals surface area contributed by atoms with Gasteiger partial charge in [-0.2, -0.15) is 5.10 Å². The maximum absolute atomic E-state index is 12.1. The second-order valence-corrected chi connectivity index (χ2v) is 4.09. The lowest BCUT2D eigenvalue weighted by atomic mass is 10.1. The van der Waals surface area contributed by atoms with Crippen LogP contribution in [0.5, 0.6) is 0 Å². The maximum Gasteiger partial charge on any atom is 0.252 e. The third kappa shape index (κ3) is 3.43. The van der Waals surface area contributed by atoms with E-state index in [1.165, 1.54) is 0 Å². The second-order valence-electron chi connectivity index (χ2n) is 4.09. The Balaban J connectivity index is 2.09. The fourth-order valence-corrected chi connectivity index (χ4v) is 1.66. The van der Waals surface area contributed by atoms with Gasteiger partial charge in [0.2, 0.25) is 0 Å². The molecule has 0 aliphatic carbocycles. The molecule has 0 spiro atoms. The minimum Gasteiger partial charge on any atom is -0.346 e. The summed E-state index contributed by atoms with van der Waals surface area (Å²) in [5, 5.41) is 7.00. The molecule has 6 nitrogen and oxygen atoms in total. The summed E-state index contributed by atoms with van der Waals surface area (Å²) in [4.78, 5) is 16.1. The number of hydrogen-bond acceptors (Lipinski definition) is 4. The van der Waals surface area contributed by atoms with E-state index in [0.717, 1.165) is 5.69 Å². The number of aromatic nitrogens is 3. The monoisotopic (exact) mass is 269 g/mol. The topological polar surface area (TPSA) is 85.8 Å². The molecule has 0 saturated heterocycles. The van der Waals surface area contributed by atoms with Crippen molar-refractivity contribution in [3.63, 3.8) is 0 Å². The summed E-state index contributed by atoms with van der Waals surface area (Å²) in [5.74, 6) is 5.35. The van der Waals surface area contributed by atoms with Crippen molar-refractivity contribution in [1.29, 1.82) is 0 Å². The zero-order valence-electron chi connectivity index (χ0n) is 11.1. The molecule has 0 aliphatic rings. The number of carbonyl (C=O) groups excluding carboxylic acids is 1. The molecule has 0 bridgehead atoms. The van der Waals surface area contributed by atoms with E-state index >= 15 is 0 Å². The molecular weight excluding hydrogens is 254 g/mol. The minimum atomic E-state index is -0.209. The van der Waals surface area contributed by atoms with Gasteiger partial charge in [0.1, 0.15) is 0 Å². The third-order valence-electron chi connectivity index (χ3n) is 2.59. The van der Waals surface area contributed by atoms with E-state index in [4.69, 9.17) is 5.73 Å². The third-order valence-corrected chi connectivity index (χ3v) is 2.59. The molecule has 0 aliphatic heterocycles. The van der Waals surface area contributed by atoms with Crippen molar-refractivity contribution < 1.29 is 4.79 Å². The Labute approximate surface area is 117 Å². The van der Waals surface area contributed by atoms with Crippen LogP contribution in [0.25, 0.3) is 0 Å². The van der Waals surface area contributed by atoms with Crippen LogP contribution in [0.4, 0.5) is 0 Å². The molecule has 102 valence electrons. The van der Waals surface area contributed by atoms with E-state index in [9.17, 15) is 4.79 Å². The number of nitrogens with one attached hydrogen (secondary N) is 1. The predicted molar refractivity (Wildman–Crippen MR) is 74.5 cm³/mol. The summed E-state index contributed by atoms with van der Waals surface area (Å²) in [5.41, 5.74) is 7.18. The van der Waals surface area contributed by atoms with Gasteiger partial charge in [0, 0.05) is 25.6 Å². The van der Waals surface area contributed by atoms with E-state index < -0.39 is 0 Å². The molecule has 0 radical (unpaired) electrons. The number of nitrogens with two attached hydrogens (primary N) is 1. The number of amides is 1. The van der Waals surface area contributed by atoms with Gasteiger partial charge in [0.25, 0.3) is 5.91 Å². The van der Waals surface area contributed by atoms with Gasteiger partial charge in [0.15, 0.2) is 0 Å². The molecule has 2 aromatic heterocycles. The van der Waals surface area contributed by atoms with E-state index in [2.05, 4.69) is 27.2 Å². The molecule has 2 aromatic rings. The van der Waals surface area contributed by atoms with Gasteiger partial charge in [0.05, 0.1) is 29.9 Å². The number of aryl methyl sites for hydroxylation is 1. The molecule has 6 heteroatoms. The number of hydrogen-bond donors (Lipinski definition) is 2. The highest BCUT2D eigenvalue weighted by molar-refractivity contribution is 5.96. The van der Waals surface area contributed by atoms with Crippen LogP contribution >= 0.6 is 0 Å². The summed E-state index contributed by atoms with van der Waals surface area (Å²) >= 11 is 0. The summed E-state index contributed by atoms with van der Waals surface area (Å²) in [6.07, 6.45) is 4.94. The molecule has 20 heavy (non-hydrogen) atoms. The van der Waals surface area contributed by atoms with Crippen molar-refractivity contribution in [1.82, 2.24) is 20.1 Å². The van der Waals surface area contributed by atoms with Crippen molar-refractivity contribution in [3.8, 4) is 11.8 Å². The lowest BCUT2D eigenvalue weighted by Gasteiger charge is -2.05. The lowest BCUT2D eigenvalue weighted by Crippen LogP contribution is -2.24. The van der Waals surface area contributed by atoms with Crippen LogP contribution < -0.4 is 11.1 Å². The van der Waals surface area contributed by atoms with Crippen molar-refractivity contribution in [2.45, 2.75) is 6.54 Å². The number of carbonyl (C=O) groups is 1. The van der Waals surface area contributed by atoms with Crippen LogP contribution in [-0.4, -0.2) is 27.2 Å². The SMILES string of the molecule is Cn1ccc(CNC(=O)c2ccncc2C#CCN)n1. The Morgan fingerprint density at radius 2 is 2.35 bits per heavy atom. The van der Waals surface area contributed by atoms with Crippen molar-refractivity contribution in [2.24, 2.45) is 12.8 Å². The Kier molecular flexibility index (Phi) is 4.47. The zero-order valence-corrected chi connectivity index (χ0v) is 11.1. The highest BCUT2D eigenvalue weighted by atomic mass is 16.1. The van der Waals surface area contributed by atoms with Crippen LogP contribution in [0.2, 0.25) is 0 Å².